The Bertz CT molecular complexity index is 955. The van der Waals surface area contributed by atoms with Crippen LogP contribution in [0, 0.1) is 6.92 Å². The van der Waals surface area contributed by atoms with E-state index in [1.165, 1.54) is 11.3 Å². The van der Waals surface area contributed by atoms with Gasteiger partial charge in [-0.05, 0) is 56.0 Å². The molecule has 1 saturated heterocycles. The summed E-state index contributed by atoms with van der Waals surface area (Å²) in [5, 5.41) is 2.77. The lowest BCUT2D eigenvalue weighted by molar-refractivity contribution is -0.118. The summed E-state index contributed by atoms with van der Waals surface area (Å²) in [7, 11) is -3.37. The molecule has 1 N–H and O–H groups in total. The Morgan fingerprint density at radius 3 is 2.44 bits per heavy atom. The monoisotopic (exact) mass is 457 g/mol. The number of anilines is 1. The van der Waals surface area contributed by atoms with Crippen LogP contribution in [0.5, 0.6) is 0 Å². The van der Waals surface area contributed by atoms with Gasteiger partial charge in [-0.1, -0.05) is 42.5 Å². The lowest BCUT2D eigenvalue weighted by Crippen LogP contribution is -2.47. The second kappa shape index (κ2) is 12.0. The van der Waals surface area contributed by atoms with E-state index in [0.717, 1.165) is 44.7 Å². The van der Waals surface area contributed by atoms with Gasteiger partial charge in [0.05, 0.1) is 5.75 Å². The molecular weight excluding hydrogens is 422 g/mol. The van der Waals surface area contributed by atoms with Gasteiger partial charge in [-0.2, -0.15) is 0 Å². The minimum Gasteiger partial charge on any atom is -0.369 e. The number of sulfone groups is 1. The summed E-state index contributed by atoms with van der Waals surface area (Å²) in [6.45, 7) is 7.52. The third-order valence-corrected chi connectivity index (χ3v) is 7.44. The van der Waals surface area contributed by atoms with Gasteiger partial charge in [0.2, 0.25) is 5.91 Å². The number of nitrogens with one attached hydrogen (secondary N) is 1. The highest BCUT2D eigenvalue weighted by Crippen LogP contribution is 2.17. The van der Waals surface area contributed by atoms with E-state index in [1.807, 2.05) is 30.3 Å². The lowest BCUT2D eigenvalue weighted by Gasteiger charge is -2.36. The molecule has 0 saturated carbocycles. The average molecular weight is 458 g/mol. The van der Waals surface area contributed by atoms with E-state index >= 15 is 0 Å². The van der Waals surface area contributed by atoms with Crippen LogP contribution in [-0.2, 0) is 21.1 Å². The highest BCUT2D eigenvalue weighted by Gasteiger charge is 2.18. The zero-order chi connectivity index (χ0) is 22.8. The fraction of sp³-hybridized carbons (Fsp3) is 0.480. The smallest absolute Gasteiger partial charge is 0.235 e. The van der Waals surface area contributed by atoms with E-state index in [0.29, 0.717) is 19.4 Å². The predicted molar refractivity (Wildman–Crippen MR) is 131 cm³/mol. The molecule has 0 spiro atoms. The van der Waals surface area contributed by atoms with Crippen LogP contribution in [-0.4, -0.2) is 70.0 Å². The van der Waals surface area contributed by atoms with Crippen LogP contribution in [0.25, 0.3) is 0 Å². The number of nitrogens with zero attached hydrogens (tertiary/aromatic N) is 2. The molecular formula is C25H35N3O3S. The topological polar surface area (TPSA) is 69.7 Å². The number of benzene rings is 2. The molecule has 2 aromatic rings. The van der Waals surface area contributed by atoms with Crippen molar-refractivity contribution in [3.63, 3.8) is 0 Å². The molecule has 0 unspecified atom stereocenters. The minimum atomic E-state index is -3.37. The van der Waals surface area contributed by atoms with Crippen molar-refractivity contribution in [2.24, 2.45) is 0 Å². The first-order valence-corrected chi connectivity index (χ1v) is 13.3. The summed E-state index contributed by atoms with van der Waals surface area (Å²) in [5.41, 5.74) is 3.67. The third kappa shape index (κ3) is 8.28. The summed E-state index contributed by atoms with van der Waals surface area (Å²) < 4.78 is 24.4. The van der Waals surface area contributed by atoms with E-state index in [4.69, 9.17) is 0 Å². The van der Waals surface area contributed by atoms with Gasteiger partial charge in [-0.15, -0.1) is 0 Å². The molecule has 2 aromatic carbocycles. The standard InChI is InChI=1S/C25H35N3O3S/c1-22-8-5-12-24(20-22)28-17-15-27(16-18-28)14-7-13-26-25(29)21-32(30,31)19-6-11-23-9-3-2-4-10-23/h2-5,8-10,12,20H,6-7,11,13-19,21H2,1H3,(H,26,29). The van der Waals surface area contributed by atoms with Crippen molar-refractivity contribution in [2.45, 2.75) is 26.2 Å². The van der Waals surface area contributed by atoms with Crippen molar-refractivity contribution in [1.82, 2.24) is 10.2 Å². The molecule has 0 bridgehead atoms. The van der Waals surface area contributed by atoms with Crippen molar-refractivity contribution in [3.05, 3.63) is 65.7 Å². The van der Waals surface area contributed by atoms with Gasteiger partial charge < -0.3 is 10.2 Å². The van der Waals surface area contributed by atoms with Crippen LogP contribution in [0.15, 0.2) is 54.6 Å². The predicted octanol–water partition coefficient (Wildman–Crippen LogP) is 2.67. The Balaban J connectivity index is 1.27. The van der Waals surface area contributed by atoms with Gasteiger partial charge in [-0.3, -0.25) is 9.69 Å². The fourth-order valence-electron chi connectivity index (χ4n) is 4.05. The van der Waals surface area contributed by atoms with Crippen LogP contribution in [0.1, 0.15) is 24.0 Å². The second-order valence-corrected chi connectivity index (χ2v) is 10.7. The molecule has 7 heteroatoms. The molecule has 0 aromatic heterocycles. The molecule has 1 heterocycles. The maximum atomic E-state index is 12.2. The van der Waals surface area contributed by atoms with Crippen molar-refractivity contribution in [2.75, 3.05) is 55.7 Å². The van der Waals surface area contributed by atoms with E-state index in [-0.39, 0.29) is 5.75 Å². The zero-order valence-electron chi connectivity index (χ0n) is 19.0. The van der Waals surface area contributed by atoms with Crippen molar-refractivity contribution in [1.29, 1.82) is 0 Å². The van der Waals surface area contributed by atoms with Crippen LogP contribution >= 0.6 is 0 Å². The molecule has 1 aliphatic heterocycles. The molecule has 6 nitrogen and oxygen atoms in total. The summed E-state index contributed by atoms with van der Waals surface area (Å²) in [6, 6.07) is 18.4. The molecule has 32 heavy (non-hydrogen) atoms. The highest BCUT2D eigenvalue weighted by atomic mass is 32.2. The van der Waals surface area contributed by atoms with Crippen LogP contribution in [0.2, 0.25) is 0 Å². The molecule has 0 radical (unpaired) electrons. The van der Waals surface area contributed by atoms with Crippen molar-refractivity contribution >= 4 is 21.4 Å². The number of carbonyl (C=O) groups excluding carboxylic acids is 1. The van der Waals surface area contributed by atoms with Gasteiger partial charge in [0.1, 0.15) is 5.75 Å². The summed E-state index contributed by atoms with van der Waals surface area (Å²) >= 11 is 0. The zero-order valence-corrected chi connectivity index (χ0v) is 19.8. The van der Waals surface area contributed by atoms with Gasteiger partial charge >= 0.3 is 0 Å². The number of hydrogen-bond acceptors (Lipinski definition) is 5. The van der Waals surface area contributed by atoms with E-state index in [9.17, 15) is 13.2 Å². The molecule has 3 rings (SSSR count). The number of aryl methyl sites for hydroxylation is 2. The number of piperazine rings is 1. The maximum absolute atomic E-state index is 12.2. The van der Waals surface area contributed by atoms with Gasteiger partial charge in [0.25, 0.3) is 0 Å². The SMILES string of the molecule is Cc1cccc(N2CCN(CCCNC(=O)CS(=O)(=O)CCCc3ccccc3)CC2)c1. The van der Waals surface area contributed by atoms with Gasteiger partial charge in [-0.25, -0.2) is 8.42 Å². The molecule has 1 amide bonds. The Labute approximate surface area is 192 Å². The minimum absolute atomic E-state index is 0.0422. The van der Waals surface area contributed by atoms with Gasteiger partial charge in [0, 0.05) is 38.4 Å². The largest absolute Gasteiger partial charge is 0.369 e. The average Bonchev–Trinajstić information content (AvgIpc) is 2.77. The first kappa shape index (κ1) is 24.3. The van der Waals surface area contributed by atoms with E-state index < -0.39 is 21.5 Å². The molecule has 174 valence electrons. The normalized spacial score (nSPS) is 15.0. The van der Waals surface area contributed by atoms with E-state index in [1.54, 1.807) is 0 Å². The Morgan fingerprint density at radius 1 is 0.969 bits per heavy atom. The van der Waals surface area contributed by atoms with E-state index in [2.05, 4.69) is 46.3 Å². The van der Waals surface area contributed by atoms with Crippen LogP contribution in [0.4, 0.5) is 5.69 Å². The fourth-order valence-corrected chi connectivity index (χ4v) is 5.28. The Morgan fingerprint density at radius 2 is 1.72 bits per heavy atom. The van der Waals surface area contributed by atoms with Crippen molar-refractivity contribution in [3.8, 4) is 0 Å². The van der Waals surface area contributed by atoms with Gasteiger partial charge in [0.15, 0.2) is 9.84 Å². The Hall–Kier alpha value is -2.38. The highest BCUT2D eigenvalue weighted by molar-refractivity contribution is 7.92. The summed E-state index contributed by atoms with van der Waals surface area (Å²) in [6.07, 6.45) is 2.07. The summed E-state index contributed by atoms with van der Waals surface area (Å²) in [5.74, 6) is -0.772. The molecule has 0 atom stereocenters. The molecule has 1 aliphatic rings. The molecule has 0 aliphatic carbocycles. The quantitative estimate of drug-likeness (QED) is 0.526. The van der Waals surface area contributed by atoms with Crippen LogP contribution in [0.3, 0.4) is 0 Å². The molecule has 1 fully saturated rings. The number of amides is 1. The number of rotatable bonds is 11. The summed E-state index contributed by atoms with van der Waals surface area (Å²) in [4.78, 5) is 16.9. The third-order valence-electron chi connectivity index (χ3n) is 5.83. The first-order chi connectivity index (χ1) is 15.4. The Kier molecular flexibility index (Phi) is 9.11. The van der Waals surface area contributed by atoms with Crippen molar-refractivity contribution < 1.29 is 13.2 Å². The number of carbonyl (C=O) groups is 1. The van der Waals surface area contributed by atoms with Crippen LogP contribution < -0.4 is 10.2 Å². The number of hydrogen-bond donors (Lipinski definition) is 1. The first-order valence-electron chi connectivity index (χ1n) is 11.5. The second-order valence-electron chi connectivity index (χ2n) is 8.55. The maximum Gasteiger partial charge on any atom is 0.235 e. The lowest BCUT2D eigenvalue weighted by atomic mass is 10.1.